The lowest BCUT2D eigenvalue weighted by atomic mass is 10.1. The molecule has 0 fully saturated rings. The third kappa shape index (κ3) is 4.65. The van der Waals surface area contributed by atoms with Crippen LogP contribution in [0.2, 0.25) is 0 Å². The minimum atomic E-state index is -0.399. The molecule has 0 atom stereocenters. The van der Waals surface area contributed by atoms with E-state index in [1.165, 1.54) is 11.3 Å². The van der Waals surface area contributed by atoms with Gasteiger partial charge in [0, 0.05) is 14.9 Å². The minimum Gasteiger partial charge on any atom is -0.321 e. The summed E-state index contributed by atoms with van der Waals surface area (Å²) < 4.78 is 0.887. The van der Waals surface area contributed by atoms with Crippen molar-refractivity contribution in [1.82, 2.24) is 5.43 Å². The van der Waals surface area contributed by atoms with Gasteiger partial charge in [-0.1, -0.05) is 34.1 Å². The Bertz CT molecular complexity index is 938. The van der Waals surface area contributed by atoms with Gasteiger partial charge in [0.05, 0.1) is 17.5 Å². The highest BCUT2D eigenvalue weighted by Crippen LogP contribution is 2.17. The highest BCUT2D eigenvalue weighted by molar-refractivity contribution is 9.10. The van der Waals surface area contributed by atoms with Crippen molar-refractivity contribution in [3.05, 3.63) is 86.5 Å². The number of amides is 2. The van der Waals surface area contributed by atoms with Crippen molar-refractivity contribution in [2.24, 2.45) is 5.10 Å². The molecule has 2 aromatic carbocycles. The lowest BCUT2D eigenvalue weighted by Crippen LogP contribution is -2.21. The Morgan fingerprint density at radius 3 is 2.46 bits per heavy atom. The number of rotatable bonds is 5. The van der Waals surface area contributed by atoms with E-state index in [1.54, 1.807) is 54.7 Å². The lowest BCUT2D eigenvalue weighted by molar-refractivity contribution is 0.0956. The summed E-state index contributed by atoms with van der Waals surface area (Å²) in [7, 11) is 0. The van der Waals surface area contributed by atoms with Gasteiger partial charge >= 0.3 is 0 Å². The molecule has 3 aromatic rings. The van der Waals surface area contributed by atoms with E-state index in [4.69, 9.17) is 0 Å². The molecule has 2 N–H and O–H groups in total. The van der Waals surface area contributed by atoms with E-state index < -0.39 is 5.91 Å². The highest BCUT2D eigenvalue weighted by atomic mass is 79.9. The summed E-state index contributed by atoms with van der Waals surface area (Å²) in [5.41, 5.74) is 3.73. The first-order valence-corrected chi connectivity index (χ1v) is 9.33. The number of nitrogens with zero attached hydrogens (tertiary/aromatic N) is 1. The Kier molecular flexibility index (Phi) is 5.93. The number of nitrogens with one attached hydrogen (secondary N) is 2. The number of carbonyl (C=O) groups excluding carboxylic acids is 2. The number of para-hydroxylation sites is 1. The molecule has 26 heavy (non-hydrogen) atoms. The maximum Gasteiger partial charge on any atom is 0.273 e. The largest absolute Gasteiger partial charge is 0.321 e. The van der Waals surface area contributed by atoms with Crippen LogP contribution in [0.5, 0.6) is 0 Å². The van der Waals surface area contributed by atoms with E-state index >= 15 is 0 Å². The van der Waals surface area contributed by atoms with E-state index in [0.29, 0.717) is 16.8 Å². The zero-order valence-electron chi connectivity index (χ0n) is 13.5. The third-order valence-electron chi connectivity index (χ3n) is 3.43. The maximum absolute atomic E-state index is 12.4. The van der Waals surface area contributed by atoms with E-state index in [0.717, 1.165) is 9.35 Å². The average Bonchev–Trinajstić information content (AvgIpc) is 3.16. The Balaban J connectivity index is 1.72. The first-order valence-electron chi connectivity index (χ1n) is 7.66. The molecule has 0 aliphatic rings. The molecule has 0 radical (unpaired) electrons. The molecule has 0 spiro atoms. The Hall–Kier alpha value is -2.77. The van der Waals surface area contributed by atoms with Crippen LogP contribution in [-0.4, -0.2) is 18.0 Å². The smallest absolute Gasteiger partial charge is 0.273 e. The molecule has 0 aliphatic carbocycles. The third-order valence-corrected chi connectivity index (χ3v) is 4.76. The van der Waals surface area contributed by atoms with E-state index in [-0.39, 0.29) is 5.91 Å². The fraction of sp³-hybridized carbons (Fsp3) is 0. The summed E-state index contributed by atoms with van der Waals surface area (Å²) in [4.78, 5) is 25.7. The van der Waals surface area contributed by atoms with Gasteiger partial charge < -0.3 is 5.32 Å². The molecule has 1 heterocycles. The van der Waals surface area contributed by atoms with Crippen molar-refractivity contribution in [3.63, 3.8) is 0 Å². The molecule has 0 bridgehead atoms. The molecule has 130 valence electrons. The van der Waals surface area contributed by atoms with Crippen LogP contribution in [-0.2, 0) is 0 Å². The summed E-state index contributed by atoms with van der Waals surface area (Å²) >= 11 is 4.85. The van der Waals surface area contributed by atoms with Crippen LogP contribution in [0.4, 0.5) is 5.69 Å². The standard InChI is InChI=1S/C19H14BrN3O2S/c20-14-9-7-13(8-10-14)18(24)22-17-6-2-1-5-16(17)19(25)23-21-12-15-4-3-11-26-15/h1-12H,(H,22,24)(H,23,25)/b21-12-. The summed E-state index contributed by atoms with van der Waals surface area (Å²) in [6, 6.07) is 17.6. The van der Waals surface area contributed by atoms with Gasteiger partial charge in [-0.25, -0.2) is 5.43 Å². The Morgan fingerprint density at radius 1 is 0.962 bits per heavy atom. The second-order valence-electron chi connectivity index (χ2n) is 5.22. The van der Waals surface area contributed by atoms with Gasteiger partial charge in [0.1, 0.15) is 0 Å². The van der Waals surface area contributed by atoms with Gasteiger partial charge in [-0.2, -0.15) is 5.10 Å². The van der Waals surface area contributed by atoms with Crippen LogP contribution < -0.4 is 10.7 Å². The minimum absolute atomic E-state index is 0.292. The predicted molar refractivity (Wildman–Crippen MR) is 108 cm³/mol. The first kappa shape index (κ1) is 18.0. The highest BCUT2D eigenvalue weighted by Gasteiger charge is 2.13. The molecule has 2 amide bonds. The van der Waals surface area contributed by atoms with Gasteiger partial charge in [-0.05, 0) is 47.8 Å². The average molecular weight is 428 g/mol. The van der Waals surface area contributed by atoms with Crippen molar-refractivity contribution in [2.45, 2.75) is 0 Å². The summed E-state index contributed by atoms with van der Waals surface area (Å²) in [6.07, 6.45) is 1.57. The number of hydrogen-bond acceptors (Lipinski definition) is 4. The molecule has 0 unspecified atom stereocenters. The molecule has 0 aliphatic heterocycles. The van der Waals surface area contributed by atoms with Crippen molar-refractivity contribution < 1.29 is 9.59 Å². The number of carbonyl (C=O) groups is 2. The lowest BCUT2D eigenvalue weighted by Gasteiger charge is -2.10. The normalized spacial score (nSPS) is 10.7. The fourth-order valence-corrected chi connectivity index (χ4v) is 3.01. The Morgan fingerprint density at radius 2 is 1.73 bits per heavy atom. The molecule has 3 rings (SSSR count). The van der Waals surface area contributed by atoms with Crippen LogP contribution in [0.1, 0.15) is 25.6 Å². The number of anilines is 1. The first-order chi connectivity index (χ1) is 12.6. The number of hydrazone groups is 1. The quantitative estimate of drug-likeness (QED) is 0.463. The van der Waals surface area contributed by atoms with Gasteiger partial charge in [0.2, 0.25) is 0 Å². The predicted octanol–water partition coefficient (Wildman–Crippen LogP) is 4.53. The van der Waals surface area contributed by atoms with E-state index in [1.807, 2.05) is 17.5 Å². The Labute approximate surface area is 162 Å². The van der Waals surface area contributed by atoms with Gasteiger partial charge in [0.25, 0.3) is 11.8 Å². The topological polar surface area (TPSA) is 70.6 Å². The maximum atomic E-state index is 12.4. The van der Waals surface area contributed by atoms with E-state index in [9.17, 15) is 9.59 Å². The molecular weight excluding hydrogens is 414 g/mol. The number of benzene rings is 2. The van der Waals surface area contributed by atoms with Gasteiger partial charge in [-0.15, -0.1) is 11.3 Å². The van der Waals surface area contributed by atoms with Crippen LogP contribution in [0.3, 0.4) is 0 Å². The second-order valence-corrected chi connectivity index (χ2v) is 7.12. The monoisotopic (exact) mass is 427 g/mol. The zero-order chi connectivity index (χ0) is 18.4. The second kappa shape index (κ2) is 8.55. The molecule has 5 nitrogen and oxygen atoms in total. The van der Waals surface area contributed by atoms with Crippen molar-refractivity contribution in [2.75, 3.05) is 5.32 Å². The fourth-order valence-electron chi connectivity index (χ4n) is 2.17. The SMILES string of the molecule is O=C(Nc1ccccc1C(=O)N/N=C\c1cccs1)c1ccc(Br)cc1. The molecule has 7 heteroatoms. The van der Waals surface area contributed by atoms with Crippen molar-refractivity contribution in [3.8, 4) is 0 Å². The van der Waals surface area contributed by atoms with Gasteiger partial charge in [-0.3, -0.25) is 9.59 Å². The van der Waals surface area contributed by atoms with E-state index in [2.05, 4.69) is 31.8 Å². The summed E-state index contributed by atoms with van der Waals surface area (Å²) in [5, 5.41) is 8.64. The number of hydrogen-bond donors (Lipinski definition) is 2. The molecular formula is C19H14BrN3O2S. The molecule has 1 aromatic heterocycles. The summed E-state index contributed by atoms with van der Waals surface area (Å²) in [6.45, 7) is 0. The molecule has 0 saturated carbocycles. The van der Waals surface area contributed by atoms with Crippen LogP contribution in [0.15, 0.2) is 75.6 Å². The summed E-state index contributed by atoms with van der Waals surface area (Å²) in [5.74, 6) is -0.690. The van der Waals surface area contributed by atoms with Crippen molar-refractivity contribution in [1.29, 1.82) is 0 Å². The van der Waals surface area contributed by atoms with Crippen LogP contribution >= 0.6 is 27.3 Å². The number of thiophene rings is 1. The van der Waals surface area contributed by atoms with Crippen LogP contribution in [0.25, 0.3) is 0 Å². The van der Waals surface area contributed by atoms with Crippen LogP contribution in [0, 0.1) is 0 Å². The van der Waals surface area contributed by atoms with Gasteiger partial charge in [0.15, 0.2) is 0 Å². The van der Waals surface area contributed by atoms with Crippen molar-refractivity contribution >= 4 is 51.0 Å². The number of halogens is 1. The molecule has 0 saturated heterocycles. The zero-order valence-corrected chi connectivity index (χ0v) is 15.9.